The van der Waals surface area contributed by atoms with Gasteiger partial charge < -0.3 is 5.32 Å². The molecule has 94 valence electrons. The van der Waals surface area contributed by atoms with E-state index in [4.69, 9.17) is 0 Å². The highest BCUT2D eigenvalue weighted by atomic mass is 32.1. The summed E-state index contributed by atoms with van der Waals surface area (Å²) in [6.45, 7) is 2.23. The Labute approximate surface area is 112 Å². The summed E-state index contributed by atoms with van der Waals surface area (Å²) in [6.07, 6.45) is 7.54. The molecule has 2 nitrogen and oxygen atoms in total. The van der Waals surface area contributed by atoms with Crippen LogP contribution >= 0.6 is 11.3 Å². The highest BCUT2D eigenvalue weighted by Crippen LogP contribution is 2.34. The summed E-state index contributed by atoms with van der Waals surface area (Å²) >= 11 is 1.90. The van der Waals surface area contributed by atoms with E-state index in [0.717, 1.165) is 0 Å². The number of hydrogen-bond acceptors (Lipinski definition) is 3. The lowest BCUT2D eigenvalue weighted by Crippen LogP contribution is -2.27. The van der Waals surface area contributed by atoms with Crippen LogP contribution in [0.15, 0.2) is 36.0 Å². The van der Waals surface area contributed by atoms with E-state index < -0.39 is 0 Å². The Morgan fingerprint density at radius 1 is 1.33 bits per heavy atom. The predicted octanol–water partition coefficient (Wildman–Crippen LogP) is 3.87. The molecule has 2 atom stereocenters. The third kappa shape index (κ3) is 2.33. The SMILES string of the molecule is CC(NC1CCCc2sccc21)c1ccncc1. The molecule has 0 spiro atoms. The lowest BCUT2D eigenvalue weighted by atomic mass is 9.93. The standard InChI is InChI=1S/C15H18N2S/c1-11(12-5-8-16-9-6-12)17-14-3-2-4-15-13(14)7-10-18-15/h5-11,14,17H,2-4H2,1H3. The van der Waals surface area contributed by atoms with Crippen LogP contribution in [0.2, 0.25) is 0 Å². The average Bonchev–Trinajstić information content (AvgIpc) is 2.89. The van der Waals surface area contributed by atoms with Crippen LogP contribution in [0, 0.1) is 0 Å². The van der Waals surface area contributed by atoms with Crippen molar-refractivity contribution in [3.05, 3.63) is 52.0 Å². The first-order valence-electron chi connectivity index (χ1n) is 6.57. The Morgan fingerprint density at radius 2 is 2.17 bits per heavy atom. The van der Waals surface area contributed by atoms with E-state index in [0.29, 0.717) is 12.1 Å². The fourth-order valence-corrected chi connectivity index (χ4v) is 3.70. The molecule has 18 heavy (non-hydrogen) atoms. The highest BCUT2D eigenvalue weighted by Gasteiger charge is 2.22. The Hall–Kier alpha value is -1.19. The van der Waals surface area contributed by atoms with Crippen molar-refractivity contribution in [2.45, 2.75) is 38.3 Å². The molecule has 0 aromatic carbocycles. The molecule has 0 amide bonds. The molecule has 0 saturated heterocycles. The van der Waals surface area contributed by atoms with Gasteiger partial charge in [-0.1, -0.05) is 0 Å². The Kier molecular flexibility index (Phi) is 3.43. The second kappa shape index (κ2) is 5.21. The van der Waals surface area contributed by atoms with Crippen molar-refractivity contribution in [3.63, 3.8) is 0 Å². The zero-order valence-electron chi connectivity index (χ0n) is 10.6. The summed E-state index contributed by atoms with van der Waals surface area (Å²) in [5, 5.41) is 5.98. The maximum Gasteiger partial charge on any atom is 0.0336 e. The first-order valence-corrected chi connectivity index (χ1v) is 7.45. The summed E-state index contributed by atoms with van der Waals surface area (Å²) < 4.78 is 0. The number of hydrogen-bond donors (Lipinski definition) is 1. The summed E-state index contributed by atoms with van der Waals surface area (Å²) in [4.78, 5) is 5.65. The Bertz CT molecular complexity index is 506. The quantitative estimate of drug-likeness (QED) is 0.904. The van der Waals surface area contributed by atoms with Crippen LogP contribution in [0.5, 0.6) is 0 Å². The fourth-order valence-electron chi connectivity index (χ4n) is 2.71. The molecule has 1 aliphatic carbocycles. The van der Waals surface area contributed by atoms with Crippen molar-refractivity contribution in [3.8, 4) is 0 Å². The molecule has 3 heteroatoms. The molecule has 2 aromatic heterocycles. The van der Waals surface area contributed by atoms with Crippen LogP contribution < -0.4 is 5.32 Å². The minimum Gasteiger partial charge on any atom is -0.303 e. The molecule has 1 N–H and O–H groups in total. The summed E-state index contributed by atoms with van der Waals surface area (Å²) in [5.74, 6) is 0. The molecule has 1 aliphatic rings. The number of nitrogens with one attached hydrogen (secondary N) is 1. The minimum absolute atomic E-state index is 0.379. The molecule has 0 aliphatic heterocycles. The number of rotatable bonds is 3. The van der Waals surface area contributed by atoms with E-state index in [1.165, 1.54) is 30.4 Å². The van der Waals surface area contributed by atoms with Gasteiger partial charge in [0.25, 0.3) is 0 Å². The molecular weight excluding hydrogens is 240 g/mol. The van der Waals surface area contributed by atoms with Crippen LogP contribution in [0.25, 0.3) is 0 Å². The minimum atomic E-state index is 0.379. The molecule has 0 saturated carbocycles. The predicted molar refractivity (Wildman–Crippen MR) is 75.8 cm³/mol. The average molecular weight is 258 g/mol. The number of thiophene rings is 1. The van der Waals surface area contributed by atoms with E-state index in [1.807, 2.05) is 23.7 Å². The molecular formula is C15H18N2S. The van der Waals surface area contributed by atoms with Crippen LogP contribution in [-0.4, -0.2) is 4.98 Å². The van der Waals surface area contributed by atoms with Gasteiger partial charge in [-0.05, 0) is 60.9 Å². The Balaban J connectivity index is 1.75. The lowest BCUT2D eigenvalue weighted by Gasteiger charge is -2.27. The van der Waals surface area contributed by atoms with Gasteiger partial charge in [0, 0.05) is 29.4 Å². The third-order valence-corrected chi connectivity index (χ3v) is 4.71. The van der Waals surface area contributed by atoms with Crippen molar-refractivity contribution in [2.75, 3.05) is 0 Å². The summed E-state index contributed by atoms with van der Waals surface area (Å²) in [5.41, 5.74) is 2.83. The van der Waals surface area contributed by atoms with Crippen molar-refractivity contribution < 1.29 is 0 Å². The van der Waals surface area contributed by atoms with Crippen molar-refractivity contribution in [2.24, 2.45) is 0 Å². The van der Waals surface area contributed by atoms with Gasteiger partial charge in [-0.3, -0.25) is 4.98 Å². The maximum absolute atomic E-state index is 4.08. The topological polar surface area (TPSA) is 24.9 Å². The van der Waals surface area contributed by atoms with Crippen molar-refractivity contribution >= 4 is 11.3 Å². The number of pyridine rings is 1. The number of fused-ring (bicyclic) bond motifs is 1. The summed E-state index contributed by atoms with van der Waals surface area (Å²) in [6, 6.07) is 7.37. The maximum atomic E-state index is 4.08. The number of aryl methyl sites for hydroxylation is 1. The molecule has 3 rings (SSSR count). The van der Waals surface area contributed by atoms with Crippen molar-refractivity contribution in [1.29, 1.82) is 0 Å². The Morgan fingerprint density at radius 3 is 3.00 bits per heavy atom. The lowest BCUT2D eigenvalue weighted by molar-refractivity contribution is 0.418. The van der Waals surface area contributed by atoms with Gasteiger partial charge in [0.2, 0.25) is 0 Å². The van der Waals surface area contributed by atoms with Crippen LogP contribution in [0.4, 0.5) is 0 Å². The second-order valence-corrected chi connectivity index (χ2v) is 5.91. The van der Waals surface area contributed by atoms with Crippen LogP contribution in [0.1, 0.15) is 47.9 Å². The molecule has 0 fully saturated rings. The normalized spacial score (nSPS) is 20.4. The van der Waals surface area contributed by atoms with Crippen LogP contribution in [0.3, 0.4) is 0 Å². The number of nitrogens with zero attached hydrogens (tertiary/aromatic N) is 1. The molecule has 0 bridgehead atoms. The van der Waals surface area contributed by atoms with Crippen molar-refractivity contribution in [1.82, 2.24) is 10.3 Å². The van der Waals surface area contributed by atoms with E-state index in [1.54, 1.807) is 4.88 Å². The van der Waals surface area contributed by atoms with Gasteiger partial charge in [-0.15, -0.1) is 11.3 Å². The zero-order valence-corrected chi connectivity index (χ0v) is 11.4. The molecule has 2 unspecified atom stereocenters. The van der Waals surface area contributed by atoms with Gasteiger partial charge in [0.1, 0.15) is 0 Å². The van der Waals surface area contributed by atoms with E-state index in [2.05, 4.69) is 40.8 Å². The monoisotopic (exact) mass is 258 g/mol. The number of aromatic nitrogens is 1. The van der Waals surface area contributed by atoms with Crippen LogP contribution in [-0.2, 0) is 6.42 Å². The zero-order chi connectivity index (χ0) is 12.4. The van der Waals surface area contributed by atoms with E-state index in [-0.39, 0.29) is 0 Å². The first-order chi connectivity index (χ1) is 8.84. The van der Waals surface area contributed by atoms with Gasteiger partial charge in [-0.25, -0.2) is 0 Å². The van der Waals surface area contributed by atoms with Gasteiger partial charge in [0.15, 0.2) is 0 Å². The smallest absolute Gasteiger partial charge is 0.0336 e. The second-order valence-electron chi connectivity index (χ2n) is 4.91. The molecule has 2 aromatic rings. The summed E-state index contributed by atoms with van der Waals surface area (Å²) in [7, 11) is 0. The fraction of sp³-hybridized carbons (Fsp3) is 0.400. The first kappa shape index (κ1) is 11.9. The molecule has 0 radical (unpaired) electrons. The van der Waals surface area contributed by atoms with E-state index >= 15 is 0 Å². The van der Waals surface area contributed by atoms with Gasteiger partial charge >= 0.3 is 0 Å². The molecule has 2 heterocycles. The van der Waals surface area contributed by atoms with Gasteiger partial charge in [0.05, 0.1) is 0 Å². The van der Waals surface area contributed by atoms with E-state index in [9.17, 15) is 0 Å². The van der Waals surface area contributed by atoms with Gasteiger partial charge in [-0.2, -0.15) is 0 Å². The largest absolute Gasteiger partial charge is 0.303 e. The third-order valence-electron chi connectivity index (χ3n) is 3.71. The highest BCUT2D eigenvalue weighted by molar-refractivity contribution is 7.10.